The van der Waals surface area contributed by atoms with Gasteiger partial charge in [0.05, 0.1) is 12.1 Å². The van der Waals surface area contributed by atoms with Gasteiger partial charge in [0, 0.05) is 19.0 Å². The molecule has 2 aromatic carbocycles. The Labute approximate surface area is 252 Å². The van der Waals surface area contributed by atoms with Gasteiger partial charge in [0.25, 0.3) is 5.91 Å². The van der Waals surface area contributed by atoms with E-state index in [1.807, 2.05) is 74.5 Å². The smallest absolute Gasteiger partial charge is 0.408 e. The lowest BCUT2D eigenvalue weighted by atomic mass is 9.96. The summed E-state index contributed by atoms with van der Waals surface area (Å²) in [5, 5.41) is 5.48. The van der Waals surface area contributed by atoms with Crippen LogP contribution in [0.3, 0.4) is 0 Å². The Morgan fingerprint density at radius 2 is 1.42 bits per heavy atom. The molecule has 1 fully saturated rings. The van der Waals surface area contributed by atoms with Crippen LogP contribution in [0.1, 0.15) is 71.6 Å². The predicted molar refractivity (Wildman–Crippen MR) is 160 cm³/mol. The number of nitrogens with zero attached hydrogens (tertiary/aromatic N) is 1. The Kier molecular flexibility index (Phi) is 9.78. The SMILES string of the molecule is CC(=O)N[C@@H]1[C@@H](NC(=O)OC(C)(C)C)C=C(C(=O)OC(c2ccccc2)c2ccccc2)O[C@H]1C(=O)N1C(C)CCC1C. The van der Waals surface area contributed by atoms with Crippen LogP contribution in [0.5, 0.6) is 0 Å². The van der Waals surface area contributed by atoms with Gasteiger partial charge in [-0.15, -0.1) is 0 Å². The summed E-state index contributed by atoms with van der Waals surface area (Å²) in [6.45, 7) is 10.4. The quantitative estimate of drug-likeness (QED) is 0.458. The van der Waals surface area contributed by atoms with E-state index >= 15 is 0 Å². The molecule has 10 nitrogen and oxygen atoms in total. The zero-order valence-electron chi connectivity index (χ0n) is 25.5. The van der Waals surface area contributed by atoms with Gasteiger partial charge in [-0.2, -0.15) is 0 Å². The minimum Gasteiger partial charge on any atom is -0.471 e. The standard InChI is InChI=1S/C33H41N3O7/c1-20-17-18-21(2)36(20)30(38)29-27(34-22(3)37)25(35-32(40)43-33(4,5)6)19-26(41-29)31(39)42-28(23-13-9-7-10-14-23)24-15-11-8-12-16-24/h7-16,19-21,25,27-29H,17-18H2,1-6H3,(H,34,37)(H,35,40)/t20?,21?,25-,27+,29+/m0/s1. The molecule has 0 saturated carbocycles. The van der Waals surface area contributed by atoms with Crippen LogP contribution in [-0.4, -0.2) is 64.6 Å². The highest BCUT2D eigenvalue weighted by Crippen LogP contribution is 2.31. The number of esters is 1. The molecule has 5 atom stereocenters. The summed E-state index contributed by atoms with van der Waals surface area (Å²) < 4.78 is 17.6. The number of hydrogen-bond acceptors (Lipinski definition) is 7. The molecule has 0 bridgehead atoms. The summed E-state index contributed by atoms with van der Waals surface area (Å²) in [7, 11) is 0. The first-order valence-corrected chi connectivity index (χ1v) is 14.6. The van der Waals surface area contributed by atoms with Gasteiger partial charge in [-0.3, -0.25) is 9.59 Å². The molecule has 2 aliphatic heterocycles. The van der Waals surface area contributed by atoms with Crippen molar-refractivity contribution in [2.45, 2.75) is 96.4 Å². The van der Waals surface area contributed by atoms with E-state index < -0.39 is 53.8 Å². The zero-order chi connectivity index (χ0) is 31.3. The molecule has 2 N–H and O–H groups in total. The molecule has 0 spiro atoms. The lowest BCUT2D eigenvalue weighted by Crippen LogP contribution is -2.64. The van der Waals surface area contributed by atoms with Gasteiger partial charge in [-0.05, 0) is 64.7 Å². The topological polar surface area (TPSA) is 123 Å². The third kappa shape index (κ3) is 7.94. The van der Waals surface area contributed by atoms with Crippen molar-refractivity contribution in [3.8, 4) is 0 Å². The third-order valence-corrected chi connectivity index (χ3v) is 7.43. The number of alkyl carbamates (subject to hydrolysis) is 1. The van der Waals surface area contributed by atoms with Crippen molar-refractivity contribution in [1.82, 2.24) is 15.5 Å². The monoisotopic (exact) mass is 591 g/mol. The molecule has 43 heavy (non-hydrogen) atoms. The van der Waals surface area contributed by atoms with E-state index in [1.54, 1.807) is 25.7 Å². The Bertz CT molecular complexity index is 1290. The molecule has 2 aromatic rings. The molecule has 2 unspecified atom stereocenters. The maximum atomic E-state index is 14.0. The van der Waals surface area contributed by atoms with Crippen molar-refractivity contribution in [2.75, 3.05) is 0 Å². The van der Waals surface area contributed by atoms with Crippen LogP contribution < -0.4 is 10.6 Å². The fraction of sp³-hybridized carbons (Fsp3) is 0.455. The van der Waals surface area contributed by atoms with Gasteiger partial charge in [0.1, 0.15) is 5.60 Å². The third-order valence-electron chi connectivity index (χ3n) is 7.43. The Morgan fingerprint density at radius 1 is 0.884 bits per heavy atom. The number of hydrogen-bond donors (Lipinski definition) is 2. The summed E-state index contributed by atoms with van der Waals surface area (Å²) in [4.78, 5) is 54.7. The lowest BCUT2D eigenvalue weighted by molar-refractivity contribution is -0.155. The van der Waals surface area contributed by atoms with Gasteiger partial charge in [0.2, 0.25) is 11.7 Å². The van der Waals surface area contributed by atoms with Gasteiger partial charge >= 0.3 is 12.1 Å². The molecule has 0 radical (unpaired) electrons. The molecule has 2 aliphatic rings. The van der Waals surface area contributed by atoms with Gasteiger partial charge in [-0.1, -0.05) is 60.7 Å². The van der Waals surface area contributed by atoms with E-state index in [4.69, 9.17) is 14.2 Å². The normalized spacial score (nSPS) is 23.6. The van der Waals surface area contributed by atoms with Crippen LogP contribution in [0, 0.1) is 0 Å². The van der Waals surface area contributed by atoms with Crippen LogP contribution in [0.15, 0.2) is 72.5 Å². The first-order valence-electron chi connectivity index (χ1n) is 14.6. The minimum atomic E-state index is -1.31. The highest BCUT2D eigenvalue weighted by atomic mass is 16.6. The van der Waals surface area contributed by atoms with Crippen LogP contribution in [-0.2, 0) is 28.6 Å². The highest BCUT2D eigenvalue weighted by Gasteiger charge is 2.47. The maximum absolute atomic E-state index is 14.0. The zero-order valence-corrected chi connectivity index (χ0v) is 25.5. The van der Waals surface area contributed by atoms with Crippen molar-refractivity contribution in [1.29, 1.82) is 0 Å². The largest absolute Gasteiger partial charge is 0.471 e. The molecule has 4 rings (SSSR count). The van der Waals surface area contributed by atoms with E-state index in [-0.39, 0.29) is 17.8 Å². The number of nitrogens with one attached hydrogen (secondary N) is 2. The van der Waals surface area contributed by atoms with Crippen molar-refractivity contribution >= 4 is 23.9 Å². The average molecular weight is 592 g/mol. The Morgan fingerprint density at radius 3 is 1.91 bits per heavy atom. The number of benzene rings is 2. The summed E-state index contributed by atoms with van der Waals surface area (Å²) in [5.74, 6) is -1.90. The van der Waals surface area contributed by atoms with E-state index in [2.05, 4.69) is 10.6 Å². The number of carbonyl (C=O) groups excluding carboxylic acids is 4. The maximum Gasteiger partial charge on any atom is 0.408 e. The summed E-state index contributed by atoms with van der Waals surface area (Å²) in [6, 6.07) is 16.4. The molecule has 1 saturated heterocycles. The summed E-state index contributed by atoms with van der Waals surface area (Å²) in [6.07, 6.45) is 0.124. The predicted octanol–water partition coefficient (Wildman–Crippen LogP) is 4.40. The van der Waals surface area contributed by atoms with Crippen LogP contribution in [0.4, 0.5) is 4.79 Å². The molecule has 3 amide bonds. The van der Waals surface area contributed by atoms with E-state index in [0.717, 1.165) is 24.0 Å². The summed E-state index contributed by atoms with van der Waals surface area (Å²) >= 11 is 0. The fourth-order valence-corrected chi connectivity index (χ4v) is 5.53. The van der Waals surface area contributed by atoms with Crippen LogP contribution >= 0.6 is 0 Å². The number of likely N-dealkylation sites (tertiary alicyclic amines) is 1. The Hall–Kier alpha value is -4.34. The van der Waals surface area contributed by atoms with E-state index in [9.17, 15) is 19.2 Å². The van der Waals surface area contributed by atoms with E-state index in [0.29, 0.717) is 0 Å². The number of ether oxygens (including phenoxy) is 3. The highest BCUT2D eigenvalue weighted by molar-refractivity contribution is 5.90. The molecular weight excluding hydrogens is 550 g/mol. The number of rotatable bonds is 7. The number of carbonyl (C=O) groups is 4. The lowest BCUT2D eigenvalue weighted by Gasteiger charge is -2.40. The first-order chi connectivity index (χ1) is 20.3. The second-order valence-corrected chi connectivity index (χ2v) is 12.1. The molecular formula is C33H41N3O7. The van der Waals surface area contributed by atoms with Gasteiger partial charge in [-0.25, -0.2) is 9.59 Å². The van der Waals surface area contributed by atoms with Crippen molar-refractivity contribution in [3.05, 3.63) is 83.6 Å². The van der Waals surface area contributed by atoms with Gasteiger partial charge in [0.15, 0.2) is 12.2 Å². The van der Waals surface area contributed by atoms with Crippen molar-refractivity contribution in [2.24, 2.45) is 0 Å². The second kappa shape index (κ2) is 13.3. The second-order valence-electron chi connectivity index (χ2n) is 12.1. The van der Waals surface area contributed by atoms with Crippen LogP contribution in [0.2, 0.25) is 0 Å². The van der Waals surface area contributed by atoms with Gasteiger partial charge < -0.3 is 29.7 Å². The first kappa shape index (κ1) is 31.6. The minimum absolute atomic E-state index is 0.0665. The fourth-order valence-electron chi connectivity index (χ4n) is 5.53. The number of amides is 3. The Balaban J connectivity index is 1.72. The van der Waals surface area contributed by atoms with Crippen molar-refractivity contribution < 1.29 is 33.4 Å². The van der Waals surface area contributed by atoms with Crippen molar-refractivity contribution in [3.63, 3.8) is 0 Å². The van der Waals surface area contributed by atoms with Crippen LogP contribution in [0.25, 0.3) is 0 Å². The average Bonchev–Trinajstić information content (AvgIpc) is 3.29. The molecule has 2 heterocycles. The summed E-state index contributed by atoms with van der Waals surface area (Å²) in [5.41, 5.74) is 0.675. The molecule has 0 aliphatic carbocycles. The van der Waals surface area contributed by atoms with E-state index in [1.165, 1.54) is 13.0 Å². The molecule has 230 valence electrons. The molecule has 0 aromatic heterocycles. The molecule has 10 heteroatoms.